The van der Waals surface area contributed by atoms with Gasteiger partial charge in [-0.3, -0.25) is 0 Å². The number of halogens is 1. The summed E-state index contributed by atoms with van der Waals surface area (Å²) < 4.78 is 15.7. The molecular weight excluding hydrogens is 131 g/mol. The second kappa shape index (κ2) is 3.72. The third-order valence-electron chi connectivity index (χ3n) is 0.425. The van der Waals surface area contributed by atoms with E-state index in [4.69, 9.17) is 0 Å². The van der Waals surface area contributed by atoms with Gasteiger partial charge in [0.1, 0.15) is 0 Å². The second-order valence-corrected chi connectivity index (χ2v) is 1.86. The molecule has 0 aliphatic rings. The van der Waals surface area contributed by atoms with E-state index in [0.717, 1.165) is 18.7 Å². The Morgan fingerprint density at radius 2 is 2.38 bits per heavy atom. The zero-order valence-corrected chi connectivity index (χ0v) is 5.50. The first-order valence-electron chi connectivity index (χ1n) is 2.05. The van der Waals surface area contributed by atoms with E-state index in [1.165, 1.54) is 6.26 Å². The minimum Gasteiger partial charge on any atom is -0.423 e. The predicted molar refractivity (Wildman–Crippen MR) is 30.6 cm³/mol. The van der Waals surface area contributed by atoms with Gasteiger partial charge in [0.15, 0.2) is 0 Å². The summed E-state index contributed by atoms with van der Waals surface area (Å²) >= 11 is 0.852. The van der Waals surface area contributed by atoms with Gasteiger partial charge in [-0.1, -0.05) is 0 Å². The molecule has 0 aromatic heterocycles. The molecule has 0 aromatic rings. The van der Waals surface area contributed by atoms with Crippen LogP contribution in [0.3, 0.4) is 0 Å². The van der Waals surface area contributed by atoms with Crippen LogP contribution in [0.4, 0.5) is 9.18 Å². The van der Waals surface area contributed by atoms with Crippen LogP contribution in [-0.2, 0) is 4.74 Å². The van der Waals surface area contributed by atoms with Crippen molar-refractivity contribution in [2.45, 2.75) is 13.3 Å². The maximum Gasteiger partial charge on any atom is 0.369 e. The Bertz CT molecular complexity index is 84.1. The van der Waals surface area contributed by atoms with Crippen LogP contribution in [-0.4, -0.2) is 17.9 Å². The topological polar surface area (TPSA) is 26.3 Å². The zero-order valence-electron chi connectivity index (χ0n) is 4.68. The third kappa shape index (κ3) is 3.92. The van der Waals surface area contributed by atoms with Crippen molar-refractivity contribution in [3.8, 4) is 0 Å². The van der Waals surface area contributed by atoms with Crippen LogP contribution in [0.2, 0.25) is 0 Å². The van der Waals surface area contributed by atoms with Crippen LogP contribution >= 0.6 is 11.8 Å². The molecule has 0 heterocycles. The fraction of sp³-hybridized carbons (Fsp3) is 0.750. The van der Waals surface area contributed by atoms with E-state index in [1.54, 1.807) is 0 Å². The molecule has 0 aliphatic heterocycles. The minimum absolute atomic E-state index is 0.583. The highest BCUT2D eigenvalue weighted by atomic mass is 32.2. The normalized spacial score (nSPS) is 12.9. The maximum absolute atomic E-state index is 11.7. The largest absolute Gasteiger partial charge is 0.423 e. The molecule has 0 bridgehead atoms. The Morgan fingerprint density at radius 3 is 2.50 bits per heavy atom. The van der Waals surface area contributed by atoms with E-state index >= 15 is 0 Å². The molecule has 0 saturated carbocycles. The highest BCUT2D eigenvalue weighted by Crippen LogP contribution is 2.02. The number of carbonyl (C=O) groups is 1. The average molecular weight is 138 g/mol. The molecule has 1 atom stereocenters. The lowest BCUT2D eigenvalue weighted by Gasteiger charge is -1.99. The molecule has 4 heteroatoms. The number of hydrogen-bond acceptors (Lipinski definition) is 3. The third-order valence-corrected chi connectivity index (χ3v) is 0.855. The summed E-state index contributed by atoms with van der Waals surface area (Å²) in [7, 11) is 0. The first-order chi connectivity index (χ1) is 3.66. The van der Waals surface area contributed by atoms with E-state index in [1.807, 2.05) is 0 Å². The number of hydrogen-bond donors (Lipinski definition) is 0. The number of ether oxygens (including phenoxy) is 1. The minimum atomic E-state index is -1.49. The van der Waals surface area contributed by atoms with Crippen LogP contribution in [0.5, 0.6) is 0 Å². The summed E-state index contributed by atoms with van der Waals surface area (Å²) in [4.78, 5) is 10.1. The van der Waals surface area contributed by atoms with Gasteiger partial charge in [0.25, 0.3) is 0 Å². The van der Waals surface area contributed by atoms with Crippen molar-refractivity contribution in [1.82, 2.24) is 0 Å². The zero-order chi connectivity index (χ0) is 6.57. The molecule has 0 aliphatic carbocycles. The van der Waals surface area contributed by atoms with Gasteiger partial charge in [-0.2, -0.15) is 0 Å². The molecular formula is C4H7FO2S. The van der Waals surface area contributed by atoms with Gasteiger partial charge < -0.3 is 4.74 Å². The second-order valence-electron chi connectivity index (χ2n) is 1.11. The first-order valence-corrected chi connectivity index (χ1v) is 3.28. The van der Waals surface area contributed by atoms with Gasteiger partial charge in [-0.05, 0) is 18.0 Å². The smallest absolute Gasteiger partial charge is 0.369 e. The van der Waals surface area contributed by atoms with E-state index in [9.17, 15) is 9.18 Å². The molecule has 0 aromatic carbocycles. The molecule has 0 saturated heterocycles. The summed E-state index contributed by atoms with van der Waals surface area (Å²) in [6.45, 7) is 1.16. The molecule has 2 nitrogen and oxygen atoms in total. The van der Waals surface area contributed by atoms with Crippen LogP contribution in [0.15, 0.2) is 0 Å². The lowest BCUT2D eigenvalue weighted by molar-refractivity contribution is 0.0450. The Balaban J connectivity index is 3.25. The number of alkyl halides is 1. The fourth-order valence-corrected chi connectivity index (χ4v) is 0.410. The van der Waals surface area contributed by atoms with Crippen molar-refractivity contribution in [2.24, 2.45) is 0 Å². The predicted octanol–water partition coefficient (Wildman–Crippen LogP) is 1.80. The van der Waals surface area contributed by atoms with Gasteiger partial charge in [-0.15, -0.1) is 0 Å². The molecule has 0 fully saturated rings. The van der Waals surface area contributed by atoms with E-state index in [2.05, 4.69) is 4.74 Å². The molecule has 0 N–H and O–H groups in total. The quantitative estimate of drug-likeness (QED) is 0.517. The first kappa shape index (κ1) is 7.75. The van der Waals surface area contributed by atoms with Gasteiger partial charge in [-0.25, -0.2) is 9.18 Å². The van der Waals surface area contributed by atoms with E-state index in [0.29, 0.717) is 0 Å². The molecule has 1 unspecified atom stereocenters. The summed E-state index contributed by atoms with van der Waals surface area (Å²) in [5, 5.41) is -0.583. The molecule has 0 radical (unpaired) electrons. The summed E-state index contributed by atoms with van der Waals surface area (Å²) in [5.41, 5.74) is 0. The van der Waals surface area contributed by atoms with Gasteiger partial charge in [0, 0.05) is 6.92 Å². The molecule has 0 spiro atoms. The van der Waals surface area contributed by atoms with Crippen molar-refractivity contribution >= 4 is 17.1 Å². The van der Waals surface area contributed by atoms with Gasteiger partial charge >= 0.3 is 5.30 Å². The number of carbonyl (C=O) groups excluding carboxylic acids is 1. The van der Waals surface area contributed by atoms with Crippen molar-refractivity contribution in [2.75, 3.05) is 6.26 Å². The van der Waals surface area contributed by atoms with E-state index < -0.39 is 11.7 Å². The molecule has 48 valence electrons. The number of rotatable bonds is 1. The Morgan fingerprint density at radius 1 is 1.88 bits per heavy atom. The van der Waals surface area contributed by atoms with Gasteiger partial charge in [0.2, 0.25) is 6.36 Å². The van der Waals surface area contributed by atoms with Crippen LogP contribution in [0.1, 0.15) is 6.92 Å². The number of thioether (sulfide) groups is 1. The average Bonchev–Trinajstić information content (AvgIpc) is 1.65. The standard InChI is InChI=1S/C4H7FO2S/c1-3(5)7-4(6)8-2/h3H,1-2H3. The van der Waals surface area contributed by atoms with Crippen molar-refractivity contribution in [1.29, 1.82) is 0 Å². The SMILES string of the molecule is CSC(=O)OC(C)F. The van der Waals surface area contributed by atoms with Crippen LogP contribution in [0, 0.1) is 0 Å². The van der Waals surface area contributed by atoms with E-state index in [-0.39, 0.29) is 0 Å². The van der Waals surface area contributed by atoms with Crippen molar-refractivity contribution in [3.05, 3.63) is 0 Å². The highest BCUT2D eigenvalue weighted by molar-refractivity contribution is 8.12. The highest BCUT2D eigenvalue weighted by Gasteiger charge is 2.03. The Kier molecular flexibility index (Phi) is 3.60. The monoisotopic (exact) mass is 138 g/mol. The molecule has 8 heavy (non-hydrogen) atoms. The van der Waals surface area contributed by atoms with Crippen LogP contribution in [0.25, 0.3) is 0 Å². The molecule has 0 rings (SSSR count). The lowest BCUT2D eigenvalue weighted by atomic mass is 10.8. The summed E-state index contributed by atoms with van der Waals surface area (Å²) in [6.07, 6.45) is 0.0417. The lowest BCUT2D eigenvalue weighted by Crippen LogP contribution is -2.03. The Hall–Kier alpha value is -0.250. The fourth-order valence-electron chi connectivity index (χ4n) is 0.181. The summed E-state index contributed by atoms with van der Waals surface area (Å²) in [6, 6.07) is 0. The van der Waals surface area contributed by atoms with Crippen molar-refractivity contribution < 1.29 is 13.9 Å². The maximum atomic E-state index is 11.7. The summed E-state index contributed by atoms with van der Waals surface area (Å²) in [5.74, 6) is 0. The van der Waals surface area contributed by atoms with Crippen LogP contribution < -0.4 is 0 Å². The molecule has 0 amide bonds. The Labute approximate surface area is 51.4 Å². The van der Waals surface area contributed by atoms with Crippen molar-refractivity contribution in [3.63, 3.8) is 0 Å². The van der Waals surface area contributed by atoms with Gasteiger partial charge in [0.05, 0.1) is 0 Å².